The van der Waals surface area contributed by atoms with E-state index in [9.17, 15) is 14.8 Å². The highest BCUT2D eigenvalue weighted by Gasteiger charge is 2.42. The summed E-state index contributed by atoms with van der Waals surface area (Å²) in [6.45, 7) is 3.16. The van der Waals surface area contributed by atoms with Crippen molar-refractivity contribution in [2.24, 2.45) is 0 Å². The fraction of sp³-hybridized carbons (Fsp3) is 0.267. The van der Waals surface area contributed by atoms with Gasteiger partial charge in [-0.1, -0.05) is 18.2 Å². The summed E-state index contributed by atoms with van der Waals surface area (Å²) in [7, 11) is 0. The van der Waals surface area contributed by atoms with Gasteiger partial charge in [0.1, 0.15) is 5.82 Å². The summed E-state index contributed by atoms with van der Waals surface area (Å²) in [5.74, 6) is -0.412. The van der Waals surface area contributed by atoms with Crippen LogP contribution in [-0.2, 0) is 5.41 Å². The molecule has 0 aromatic heterocycles. The quantitative estimate of drug-likeness (QED) is 0.734. The standard InChI is InChI=1S/C15H15FN2OS/c1-9-11(7-17)15(2,12(8-19)14(20)18-9)10-5-3-4-6-13(10)16/h3-6,18-20H,8H2,1-2H3. The van der Waals surface area contributed by atoms with Crippen molar-refractivity contribution >= 4 is 12.6 Å². The first-order valence-corrected chi connectivity index (χ1v) is 6.58. The molecule has 1 aromatic rings. The van der Waals surface area contributed by atoms with Gasteiger partial charge in [-0.05, 0) is 19.9 Å². The molecule has 1 aromatic carbocycles. The number of thiol groups is 1. The Morgan fingerprint density at radius 1 is 1.45 bits per heavy atom. The van der Waals surface area contributed by atoms with Gasteiger partial charge in [-0.15, -0.1) is 12.6 Å². The Bertz CT molecular complexity index is 660. The molecule has 0 radical (unpaired) electrons. The topological polar surface area (TPSA) is 56.0 Å². The fourth-order valence-corrected chi connectivity index (χ4v) is 3.13. The lowest BCUT2D eigenvalue weighted by molar-refractivity contribution is 0.310. The Morgan fingerprint density at radius 3 is 2.65 bits per heavy atom. The van der Waals surface area contributed by atoms with Crippen LogP contribution in [-0.4, -0.2) is 11.7 Å². The molecule has 3 nitrogen and oxygen atoms in total. The maximum atomic E-state index is 14.2. The van der Waals surface area contributed by atoms with Gasteiger partial charge < -0.3 is 10.4 Å². The summed E-state index contributed by atoms with van der Waals surface area (Å²) in [6.07, 6.45) is 0. The van der Waals surface area contributed by atoms with Gasteiger partial charge in [0, 0.05) is 16.8 Å². The first kappa shape index (κ1) is 14.6. The lowest BCUT2D eigenvalue weighted by Gasteiger charge is -2.38. The molecule has 0 saturated heterocycles. The average Bonchev–Trinajstić information content (AvgIpc) is 2.39. The van der Waals surface area contributed by atoms with Gasteiger partial charge in [-0.25, -0.2) is 4.39 Å². The van der Waals surface area contributed by atoms with Crippen LogP contribution in [0, 0.1) is 17.1 Å². The fourth-order valence-electron chi connectivity index (χ4n) is 2.67. The molecule has 2 rings (SSSR count). The Kier molecular flexibility index (Phi) is 3.89. The second-order valence-corrected chi connectivity index (χ2v) is 5.27. The first-order valence-electron chi connectivity index (χ1n) is 6.13. The van der Waals surface area contributed by atoms with Crippen molar-refractivity contribution in [3.05, 3.63) is 57.5 Å². The summed E-state index contributed by atoms with van der Waals surface area (Å²) < 4.78 is 14.2. The maximum absolute atomic E-state index is 14.2. The molecule has 0 bridgehead atoms. The van der Waals surface area contributed by atoms with E-state index in [0.717, 1.165) is 0 Å². The minimum atomic E-state index is -1.03. The van der Waals surface area contributed by atoms with Gasteiger partial charge in [-0.2, -0.15) is 5.26 Å². The summed E-state index contributed by atoms with van der Waals surface area (Å²) in [5, 5.41) is 22.5. The molecule has 0 amide bonds. The van der Waals surface area contributed by atoms with Crippen molar-refractivity contribution in [2.45, 2.75) is 19.3 Å². The van der Waals surface area contributed by atoms with Crippen molar-refractivity contribution < 1.29 is 9.50 Å². The molecule has 0 spiro atoms. The van der Waals surface area contributed by atoms with Gasteiger partial charge in [0.15, 0.2) is 0 Å². The molecule has 2 N–H and O–H groups in total. The van der Waals surface area contributed by atoms with E-state index in [1.165, 1.54) is 6.07 Å². The van der Waals surface area contributed by atoms with Crippen molar-refractivity contribution in [1.82, 2.24) is 5.32 Å². The highest BCUT2D eigenvalue weighted by atomic mass is 32.1. The molecule has 20 heavy (non-hydrogen) atoms. The molecule has 0 fully saturated rings. The molecule has 1 atom stereocenters. The summed E-state index contributed by atoms with van der Waals surface area (Å²) in [6, 6.07) is 8.40. The summed E-state index contributed by atoms with van der Waals surface area (Å²) >= 11 is 4.32. The number of dihydropyridines is 1. The molecule has 1 aliphatic rings. The lowest BCUT2D eigenvalue weighted by Crippen LogP contribution is -2.38. The number of nitrogens with one attached hydrogen (secondary N) is 1. The predicted octanol–water partition coefficient (Wildman–Crippen LogP) is 2.62. The molecule has 5 heteroatoms. The van der Waals surface area contributed by atoms with Crippen molar-refractivity contribution in [2.75, 3.05) is 6.61 Å². The van der Waals surface area contributed by atoms with Crippen LogP contribution in [0.15, 0.2) is 46.1 Å². The number of aliphatic hydroxyl groups excluding tert-OH is 1. The Balaban J connectivity index is 2.80. The normalized spacial score (nSPS) is 22.6. The SMILES string of the molecule is CC1=C(C#N)C(C)(c2ccccc2F)C(CO)=C(S)N1. The highest BCUT2D eigenvalue weighted by molar-refractivity contribution is 7.84. The van der Waals surface area contributed by atoms with E-state index >= 15 is 0 Å². The molecule has 104 valence electrons. The van der Waals surface area contributed by atoms with Crippen LogP contribution in [0.3, 0.4) is 0 Å². The van der Waals surface area contributed by atoms with Crippen LogP contribution < -0.4 is 5.32 Å². The van der Waals surface area contributed by atoms with Crippen molar-refractivity contribution in [3.63, 3.8) is 0 Å². The number of aliphatic hydroxyl groups is 1. The van der Waals surface area contributed by atoms with Gasteiger partial charge >= 0.3 is 0 Å². The molecule has 0 saturated carbocycles. The zero-order chi connectivity index (χ0) is 14.9. The van der Waals surface area contributed by atoms with E-state index in [1.54, 1.807) is 32.0 Å². The number of rotatable bonds is 2. The van der Waals surface area contributed by atoms with Crippen LogP contribution in [0.4, 0.5) is 4.39 Å². The van der Waals surface area contributed by atoms with E-state index in [4.69, 9.17) is 0 Å². The largest absolute Gasteiger partial charge is 0.392 e. The van der Waals surface area contributed by atoms with Crippen LogP contribution >= 0.6 is 12.6 Å². The van der Waals surface area contributed by atoms with Crippen LogP contribution in [0.1, 0.15) is 19.4 Å². The van der Waals surface area contributed by atoms with E-state index in [2.05, 4.69) is 24.0 Å². The number of nitriles is 1. The summed E-state index contributed by atoms with van der Waals surface area (Å²) in [5.41, 5.74) is 0.798. The molecular formula is C15H15FN2OS. The molecular weight excluding hydrogens is 275 g/mol. The number of hydrogen-bond donors (Lipinski definition) is 3. The van der Waals surface area contributed by atoms with Gasteiger partial charge in [-0.3, -0.25) is 0 Å². The van der Waals surface area contributed by atoms with Crippen molar-refractivity contribution in [3.8, 4) is 6.07 Å². The van der Waals surface area contributed by atoms with Crippen LogP contribution in [0.2, 0.25) is 0 Å². The Morgan fingerprint density at radius 2 is 2.10 bits per heavy atom. The third-order valence-electron chi connectivity index (χ3n) is 3.75. The maximum Gasteiger partial charge on any atom is 0.127 e. The van der Waals surface area contributed by atoms with E-state index in [0.29, 0.717) is 27.4 Å². The van der Waals surface area contributed by atoms with E-state index < -0.39 is 11.2 Å². The third-order valence-corrected chi connectivity index (χ3v) is 4.13. The predicted molar refractivity (Wildman–Crippen MR) is 78.3 cm³/mol. The minimum absolute atomic E-state index is 0.310. The van der Waals surface area contributed by atoms with Crippen molar-refractivity contribution in [1.29, 1.82) is 5.26 Å². The number of nitrogens with zero attached hydrogens (tertiary/aromatic N) is 1. The molecule has 0 aliphatic carbocycles. The van der Waals surface area contributed by atoms with Gasteiger partial charge in [0.25, 0.3) is 0 Å². The zero-order valence-electron chi connectivity index (χ0n) is 11.2. The Labute approximate surface area is 122 Å². The molecule has 1 heterocycles. The highest BCUT2D eigenvalue weighted by Crippen LogP contribution is 2.44. The van der Waals surface area contributed by atoms with Crippen LogP contribution in [0.25, 0.3) is 0 Å². The van der Waals surface area contributed by atoms with Gasteiger partial charge in [0.2, 0.25) is 0 Å². The second kappa shape index (κ2) is 5.31. The monoisotopic (exact) mass is 290 g/mol. The van der Waals surface area contributed by atoms with Gasteiger partial charge in [0.05, 0.1) is 28.7 Å². The number of halogens is 1. The van der Waals surface area contributed by atoms with E-state index in [-0.39, 0.29) is 6.61 Å². The molecule has 1 aliphatic heterocycles. The van der Waals surface area contributed by atoms with E-state index in [1.807, 2.05) is 0 Å². The summed E-state index contributed by atoms with van der Waals surface area (Å²) in [4.78, 5) is 0. The third kappa shape index (κ3) is 2.01. The Hall–Kier alpha value is -1.77. The molecule has 1 unspecified atom stereocenters. The number of benzene rings is 1. The lowest BCUT2D eigenvalue weighted by atomic mass is 9.69. The zero-order valence-corrected chi connectivity index (χ0v) is 12.1. The smallest absolute Gasteiger partial charge is 0.127 e. The number of allylic oxidation sites excluding steroid dienone is 2. The first-order chi connectivity index (χ1) is 9.46. The average molecular weight is 290 g/mol. The number of hydrogen-bond acceptors (Lipinski definition) is 4. The minimum Gasteiger partial charge on any atom is -0.392 e. The van der Waals surface area contributed by atoms with Crippen LogP contribution in [0.5, 0.6) is 0 Å². The second-order valence-electron chi connectivity index (χ2n) is 4.83.